The number of ether oxygens (including phenoxy) is 1. The molecule has 1 saturated heterocycles. The summed E-state index contributed by atoms with van der Waals surface area (Å²) in [5.74, 6) is 0. The molecule has 1 aliphatic heterocycles. The predicted molar refractivity (Wildman–Crippen MR) is 61.9 cm³/mol. The number of halogens is 1. The highest BCUT2D eigenvalue weighted by Crippen LogP contribution is 2.26. The van der Waals surface area contributed by atoms with E-state index in [9.17, 15) is 0 Å². The van der Waals surface area contributed by atoms with Crippen LogP contribution < -0.4 is 10.2 Å². The smallest absolute Gasteiger partial charge is 0.187 e. The first-order chi connectivity index (χ1) is 6.40. The lowest BCUT2D eigenvalue weighted by Crippen LogP contribution is -2.36. The summed E-state index contributed by atoms with van der Waals surface area (Å²) in [6.45, 7) is 3.54. The van der Waals surface area contributed by atoms with Gasteiger partial charge in [0.2, 0.25) is 0 Å². The lowest BCUT2D eigenvalue weighted by Gasteiger charge is -2.25. The van der Waals surface area contributed by atoms with Gasteiger partial charge in [-0.1, -0.05) is 11.3 Å². The third-order valence-electron chi connectivity index (χ3n) is 2.02. The molecule has 0 bridgehead atoms. The lowest BCUT2D eigenvalue weighted by molar-refractivity contribution is 0.122. The molecule has 1 aromatic rings. The Morgan fingerprint density at radius 1 is 1.50 bits per heavy atom. The summed E-state index contributed by atoms with van der Waals surface area (Å²) in [6.07, 6.45) is 1.87. The van der Waals surface area contributed by atoms with Crippen LogP contribution in [0.5, 0.6) is 0 Å². The standard InChI is InChI=1S/C8H13N3OS.ClH/c1-9-7-6-10-8(13-7)11-2-4-12-5-3-11;/h6,9H,2-5H2,1H3;1H. The third kappa shape index (κ3) is 2.50. The van der Waals surface area contributed by atoms with Crippen molar-refractivity contribution in [1.82, 2.24) is 4.98 Å². The van der Waals surface area contributed by atoms with Gasteiger partial charge in [0.25, 0.3) is 0 Å². The quantitative estimate of drug-likeness (QED) is 0.842. The second kappa shape index (κ2) is 5.38. The van der Waals surface area contributed by atoms with E-state index in [1.165, 1.54) is 0 Å². The van der Waals surface area contributed by atoms with Crippen molar-refractivity contribution in [2.45, 2.75) is 0 Å². The molecular formula is C8H14ClN3OS. The Labute approximate surface area is 93.7 Å². The van der Waals surface area contributed by atoms with Crippen LogP contribution in [0.3, 0.4) is 0 Å². The number of nitrogens with one attached hydrogen (secondary N) is 1. The van der Waals surface area contributed by atoms with Crippen LogP contribution >= 0.6 is 23.7 Å². The van der Waals surface area contributed by atoms with Gasteiger partial charge in [0.1, 0.15) is 5.00 Å². The normalized spacial score (nSPS) is 16.2. The number of anilines is 2. The van der Waals surface area contributed by atoms with Crippen LogP contribution in [0.1, 0.15) is 0 Å². The second-order valence-electron chi connectivity index (χ2n) is 2.86. The van der Waals surface area contributed by atoms with Gasteiger partial charge >= 0.3 is 0 Å². The highest BCUT2D eigenvalue weighted by Gasteiger charge is 2.13. The van der Waals surface area contributed by atoms with Gasteiger partial charge in [-0.25, -0.2) is 4.98 Å². The number of rotatable bonds is 2. The van der Waals surface area contributed by atoms with Crippen LogP contribution in [0.2, 0.25) is 0 Å². The maximum atomic E-state index is 5.27. The summed E-state index contributed by atoms with van der Waals surface area (Å²) in [5, 5.41) is 5.29. The highest BCUT2D eigenvalue weighted by atomic mass is 35.5. The molecule has 4 nitrogen and oxygen atoms in total. The summed E-state index contributed by atoms with van der Waals surface area (Å²) in [4.78, 5) is 6.60. The Bertz CT molecular complexity index is 275. The fraction of sp³-hybridized carbons (Fsp3) is 0.625. The molecule has 2 heterocycles. The molecule has 1 fully saturated rings. The molecule has 6 heteroatoms. The van der Waals surface area contributed by atoms with Crippen LogP contribution in [0.25, 0.3) is 0 Å². The molecule has 1 N–H and O–H groups in total. The molecule has 0 aliphatic carbocycles. The van der Waals surface area contributed by atoms with Crippen molar-refractivity contribution < 1.29 is 4.74 Å². The minimum atomic E-state index is 0. The summed E-state index contributed by atoms with van der Waals surface area (Å²) in [5.41, 5.74) is 0. The van der Waals surface area contributed by atoms with E-state index >= 15 is 0 Å². The Kier molecular flexibility index (Phi) is 4.44. The van der Waals surface area contributed by atoms with Gasteiger partial charge in [-0.2, -0.15) is 0 Å². The Morgan fingerprint density at radius 3 is 2.79 bits per heavy atom. The topological polar surface area (TPSA) is 37.4 Å². The molecule has 0 spiro atoms. The molecule has 0 unspecified atom stereocenters. The molecule has 0 radical (unpaired) electrons. The van der Waals surface area contributed by atoms with Crippen molar-refractivity contribution in [3.63, 3.8) is 0 Å². The van der Waals surface area contributed by atoms with Gasteiger partial charge < -0.3 is 15.0 Å². The molecule has 1 aliphatic rings. The van der Waals surface area contributed by atoms with Crippen LogP contribution in [0.4, 0.5) is 10.1 Å². The fourth-order valence-corrected chi connectivity index (χ4v) is 2.10. The van der Waals surface area contributed by atoms with E-state index in [4.69, 9.17) is 4.74 Å². The molecule has 2 rings (SSSR count). The van der Waals surface area contributed by atoms with E-state index < -0.39 is 0 Å². The molecule has 14 heavy (non-hydrogen) atoms. The Balaban J connectivity index is 0.000000980. The van der Waals surface area contributed by atoms with Crippen LogP contribution in [-0.4, -0.2) is 38.3 Å². The number of hydrogen-bond donors (Lipinski definition) is 1. The van der Waals surface area contributed by atoms with E-state index in [0.717, 1.165) is 36.4 Å². The number of thiazole rings is 1. The fourth-order valence-electron chi connectivity index (χ4n) is 1.28. The summed E-state index contributed by atoms with van der Waals surface area (Å²) in [6, 6.07) is 0. The first kappa shape index (κ1) is 11.6. The van der Waals surface area contributed by atoms with Gasteiger partial charge in [0, 0.05) is 20.1 Å². The zero-order valence-corrected chi connectivity index (χ0v) is 9.66. The number of morpholine rings is 1. The second-order valence-corrected chi connectivity index (χ2v) is 3.87. The van der Waals surface area contributed by atoms with E-state index in [1.54, 1.807) is 11.3 Å². The molecule has 80 valence electrons. The van der Waals surface area contributed by atoms with Gasteiger partial charge in [0.05, 0.1) is 19.4 Å². The largest absolute Gasteiger partial charge is 0.379 e. The third-order valence-corrected chi connectivity index (χ3v) is 3.10. The highest BCUT2D eigenvalue weighted by molar-refractivity contribution is 7.19. The first-order valence-electron chi connectivity index (χ1n) is 4.36. The molecular weight excluding hydrogens is 222 g/mol. The average molecular weight is 236 g/mol. The minimum Gasteiger partial charge on any atom is -0.379 e. The predicted octanol–water partition coefficient (Wildman–Crippen LogP) is 1.44. The molecule has 0 atom stereocenters. The van der Waals surface area contributed by atoms with E-state index in [0.29, 0.717) is 0 Å². The minimum absolute atomic E-state index is 0. The zero-order chi connectivity index (χ0) is 9.10. The summed E-state index contributed by atoms with van der Waals surface area (Å²) < 4.78 is 5.27. The number of nitrogens with zero attached hydrogens (tertiary/aromatic N) is 2. The van der Waals surface area contributed by atoms with Crippen molar-refractivity contribution in [1.29, 1.82) is 0 Å². The SMILES string of the molecule is CNc1cnc(N2CCOCC2)s1.Cl. The lowest BCUT2D eigenvalue weighted by atomic mass is 10.5. The van der Waals surface area contributed by atoms with E-state index in [1.807, 2.05) is 13.2 Å². The van der Waals surface area contributed by atoms with Gasteiger partial charge in [-0.15, -0.1) is 12.4 Å². The molecule has 0 saturated carbocycles. The maximum absolute atomic E-state index is 5.27. The monoisotopic (exact) mass is 235 g/mol. The number of hydrogen-bond acceptors (Lipinski definition) is 5. The first-order valence-corrected chi connectivity index (χ1v) is 5.18. The van der Waals surface area contributed by atoms with Crippen molar-refractivity contribution in [2.24, 2.45) is 0 Å². The van der Waals surface area contributed by atoms with Crippen molar-refractivity contribution in [3.8, 4) is 0 Å². The van der Waals surface area contributed by atoms with E-state index in [-0.39, 0.29) is 12.4 Å². The van der Waals surface area contributed by atoms with Crippen LogP contribution in [-0.2, 0) is 4.74 Å². The van der Waals surface area contributed by atoms with Crippen molar-refractivity contribution in [2.75, 3.05) is 43.6 Å². The average Bonchev–Trinajstić information content (AvgIpc) is 2.67. The van der Waals surface area contributed by atoms with Crippen molar-refractivity contribution >= 4 is 33.9 Å². The zero-order valence-electron chi connectivity index (χ0n) is 8.02. The Morgan fingerprint density at radius 2 is 2.21 bits per heavy atom. The summed E-state index contributed by atoms with van der Waals surface area (Å²) in [7, 11) is 1.91. The van der Waals surface area contributed by atoms with Crippen LogP contribution in [0, 0.1) is 0 Å². The molecule has 1 aromatic heterocycles. The number of aromatic nitrogens is 1. The van der Waals surface area contributed by atoms with E-state index in [2.05, 4.69) is 15.2 Å². The maximum Gasteiger partial charge on any atom is 0.187 e. The van der Waals surface area contributed by atoms with Crippen molar-refractivity contribution in [3.05, 3.63) is 6.20 Å². The molecule has 0 aromatic carbocycles. The molecule has 0 amide bonds. The van der Waals surface area contributed by atoms with Gasteiger partial charge in [-0.05, 0) is 0 Å². The van der Waals surface area contributed by atoms with Gasteiger partial charge in [-0.3, -0.25) is 0 Å². The van der Waals surface area contributed by atoms with Crippen LogP contribution in [0.15, 0.2) is 6.20 Å². The Hall–Kier alpha value is -0.520. The van der Waals surface area contributed by atoms with Gasteiger partial charge in [0.15, 0.2) is 5.13 Å². The summed E-state index contributed by atoms with van der Waals surface area (Å²) >= 11 is 1.69.